The van der Waals surface area contributed by atoms with Gasteiger partial charge >= 0.3 is 0 Å². The van der Waals surface area contributed by atoms with Gasteiger partial charge in [-0.15, -0.1) is 0 Å². The van der Waals surface area contributed by atoms with Crippen molar-refractivity contribution in [3.05, 3.63) is 29.0 Å². The van der Waals surface area contributed by atoms with Gasteiger partial charge in [-0.3, -0.25) is 9.98 Å². The minimum Gasteiger partial charge on any atom is -0.343 e. The van der Waals surface area contributed by atoms with E-state index in [0.717, 1.165) is 21.5 Å². The molecule has 3 heteroatoms. The number of aryl methyl sites for hydroxylation is 1. The zero-order chi connectivity index (χ0) is 10.8. The van der Waals surface area contributed by atoms with Crippen molar-refractivity contribution in [1.82, 2.24) is 9.55 Å². The minimum absolute atomic E-state index is 1.00. The predicted octanol–water partition coefficient (Wildman–Crippen LogP) is 0.465. The monoisotopic (exact) mass is 199 g/mol. The molecule has 2 rings (SSSR count). The van der Waals surface area contributed by atoms with E-state index < -0.39 is 0 Å². The predicted molar refractivity (Wildman–Crippen MR) is 64.4 cm³/mol. The van der Waals surface area contributed by atoms with E-state index >= 15 is 0 Å². The third kappa shape index (κ3) is 1.46. The van der Waals surface area contributed by atoms with Crippen molar-refractivity contribution in [2.75, 3.05) is 7.05 Å². The van der Waals surface area contributed by atoms with Crippen molar-refractivity contribution in [2.24, 2.45) is 12.0 Å². The first-order valence-electron chi connectivity index (χ1n) is 4.75. The van der Waals surface area contributed by atoms with E-state index in [9.17, 15) is 0 Å². The fourth-order valence-electron chi connectivity index (χ4n) is 1.74. The van der Waals surface area contributed by atoms with E-state index in [4.69, 9.17) is 0 Å². The molecule has 0 aromatic carbocycles. The van der Waals surface area contributed by atoms with Crippen molar-refractivity contribution >= 4 is 29.8 Å². The molecule has 15 heavy (non-hydrogen) atoms. The van der Waals surface area contributed by atoms with Crippen LogP contribution in [0.1, 0.15) is 0 Å². The maximum Gasteiger partial charge on any atom is 0.0519 e. The second kappa shape index (κ2) is 3.69. The lowest BCUT2D eigenvalue weighted by molar-refractivity contribution is 0.926. The lowest BCUT2D eigenvalue weighted by Crippen LogP contribution is -2.26. The average molecular weight is 199 g/mol. The molecule has 0 aliphatic heterocycles. The highest BCUT2D eigenvalue weighted by Gasteiger charge is 2.01. The Kier molecular flexibility index (Phi) is 2.37. The van der Waals surface area contributed by atoms with Crippen LogP contribution in [0.2, 0.25) is 0 Å². The van der Waals surface area contributed by atoms with Crippen LogP contribution in [0.4, 0.5) is 0 Å². The summed E-state index contributed by atoms with van der Waals surface area (Å²) in [6.07, 6.45) is 7.37. The van der Waals surface area contributed by atoms with Crippen LogP contribution in [0, 0.1) is 0 Å². The molecule has 0 aliphatic rings. The topological polar surface area (TPSA) is 30.2 Å². The first-order valence-corrected chi connectivity index (χ1v) is 4.75. The molecule has 0 aliphatic carbocycles. The Morgan fingerprint density at radius 1 is 1.53 bits per heavy atom. The lowest BCUT2D eigenvalue weighted by atomic mass is 10.3. The van der Waals surface area contributed by atoms with E-state index in [2.05, 4.69) is 21.1 Å². The Morgan fingerprint density at radius 2 is 2.33 bits per heavy atom. The van der Waals surface area contributed by atoms with E-state index in [0.29, 0.717) is 0 Å². The Balaban J connectivity index is 2.94. The molecule has 76 valence electrons. The normalized spacial score (nSPS) is 13.1. The molecule has 0 bridgehead atoms. The van der Waals surface area contributed by atoms with Crippen molar-refractivity contribution in [3.8, 4) is 0 Å². The van der Waals surface area contributed by atoms with Crippen LogP contribution in [0.25, 0.3) is 23.6 Å². The van der Waals surface area contributed by atoms with Crippen LogP contribution in [0.15, 0.2) is 23.5 Å². The highest BCUT2D eigenvalue weighted by atomic mass is 14.9. The molecule has 2 aromatic heterocycles. The summed E-state index contributed by atoms with van der Waals surface area (Å²) in [4.78, 5) is 8.05. The summed E-state index contributed by atoms with van der Waals surface area (Å²) in [5.74, 6) is 0. The highest BCUT2D eigenvalue weighted by Crippen LogP contribution is 2.03. The summed E-state index contributed by atoms with van der Waals surface area (Å²) in [7, 11) is 3.77. The molecule has 2 aromatic rings. The molecule has 0 amide bonds. The third-order valence-electron chi connectivity index (χ3n) is 2.54. The number of fused-ring (bicyclic) bond motifs is 1. The Bertz CT molecular complexity index is 620. The van der Waals surface area contributed by atoms with Crippen LogP contribution < -0.4 is 10.6 Å². The number of nitrogens with zero attached hydrogens (tertiary/aromatic N) is 3. The highest BCUT2D eigenvalue weighted by molar-refractivity contribution is 5.92. The zero-order valence-corrected chi connectivity index (χ0v) is 8.94. The molecule has 3 nitrogen and oxygen atoms in total. The molecule has 0 radical (unpaired) electrons. The van der Waals surface area contributed by atoms with E-state index in [-0.39, 0.29) is 0 Å². The van der Waals surface area contributed by atoms with Gasteiger partial charge in [0.15, 0.2) is 0 Å². The molecule has 2 heterocycles. The van der Waals surface area contributed by atoms with Crippen molar-refractivity contribution in [1.29, 1.82) is 0 Å². The van der Waals surface area contributed by atoms with Gasteiger partial charge in [-0.25, -0.2) is 0 Å². The van der Waals surface area contributed by atoms with Crippen LogP contribution in [0.5, 0.6) is 0 Å². The summed E-state index contributed by atoms with van der Waals surface area (Å²) >= 11 is 0. The van der Waals surface area contributed by atoms with E-state index in [1.807, 2.05) is 25.4 Å². The van der Waals surface area contributed by atoms with Gasteiger partial charge in [0.05, 0.1) is 5.52 Å². The van der Waals surface area contributed by atoms with Gasteiger partial charge in [-0.1, -0.05) is 6.58 Å². The smallest absolute Gasteiger partial charge is 0.0519 e. The summed E-state index contributed by atoms with van der Waals surface area (Å²) < 4.78 is 2.10. The first kappa shape index (κ1) is 9.65. The fourth-order valence-corrected chi connectivity index (χ4v) is 1.74. The minimum atomic E-state index is 1.00. The van der Waals surface area contributed by atoms with Gasteiger partial charge in [0.2, 0.25) is 0 Å². The fraction of sp³-hybridized carbons (Fsp3) is 0.167. The van der Waals surface area contributed by atoms with Gasteiger partial charge in [0, 0.05) is 48.7 Å². The SMILES string of the molecule is C=c1/c(=C\C=NC)n(C)c2ccncc12. The number of hydrogen-bond acceptors (Lipinski definition) is 2. The third-order valence-corrected chi connectivity index (χ3v) is 2.54. The quantitative estimate of drug-likeness (QED) is 0.614. The number of aromatic nitrogens is 2. The van der Waals surface area contributed by atoms with Crippen LogP contribution >= 0.6 is 0 Å². The summed E-state index contributed by atoms with van der Waals surface area (Å²) in [6.45, 7) is 4.07. The molecule has 0 spiro atoms. The first-order chi connectivity index (χ1) is 7.25. The second-order valence-electron chi connectivity index (χ2n) is 3.39. The zero-order valence-electron chi connectivity index (χ0n) is 8.94. The molecule has 0 saturated carbocycles. The standard InChI is InChI=1S/C12H13N3/c1-9-10-8-14-7-5-12(10)15(3)11(9)4-6-13-2/h4-8H,1H2,2-3H3/b11-4+,13-6?. The van der Waals surface area contributed by atoms with Gasteiger partial charge in [-0.2, -0.15) is 0 Å². The summed E-state index contributed by atoms with van der Waals surface area (Å²) in [5.41, 5.74) is 1.14. The Hall–Kier alpha value is -1.90. The van der Waals surface area contributed by atoms with Gasteiger partial charge in [-0.05, 0) is 12.1 Å². The van der Waals surface area contributed by atoms with E-state index in [1.54, 1.807) is 19.5 Å². The maximum absolute atomic E-state index is 4.11. The van der Waals surface area contributed by atoms with Crippen molar-refractivity contribution in [3.63, 3.8) is 0 Å². The summed E-state index contributed by atoms with van der Waals surface area (Å²) in [5, 5.41) is 3.17. The van der Waals surface area contributed by atoms with E-state index in [1.165, 1.54) is 0 Å². The number of aliphatic imine (C=N–C) groups is 1. The second-order valence-corrected chi connectivity index (χ2v) is 3.39. The number of rotatable bonds is 1. The molecule has 0 atom stereocenters. The Morgan fingerprint density at radius 3 is 3.00 bits per heavy atom. The Labute approximate surface area is 88.1 Å². The number of pyridine rings is 1. The largest absolute Gasteiger partial charge is 0.343 e. The molecular formula is C12H13N3. The summed E-state index contributed by atoms with van der Waals surface area (Å²) in [6, 6.07) is 1.99. The lowest BCUT2D eigenvalue weighted by Gasteiger charge is -1.93. The van der Waals surface area contributed by atoms with Crippen LogP contribution in [-0.4, -0.2) is 22.8 Å². The molecule has 0 saturated heterocycles. The maximum atomic E-state index is 4.11. The van der Waals surface area contributed by atoms with Crippen LogP contribution in [0.3, 0.4) is 0 Å². The van der Waals surface area contributed by atoms with Crippen molar-refractivity contribution < 1.29 is 0 Å². The molecule has 0 fully saturated rings. The molecular weight excluding hydrogens is 186 g/mol. The van der Waals surface area contributed by atoms with Gasteiger partial charge < -0.3 is 4.57 Å². The average Bonchev–Trinajstić information content (AvgIpc) is 2.51. The number of hydrogen-bond donors (Lipinski definition) is 0. The van der Waals surface area contributed by atoms with Crippen molar-refractivity contribution in [2.45, 2.75) is 0 Å². The molecule has 0 N–H and O–H groups in total. The van der Waals surface area contributed by atoms with Gasteiger partial charge in [0.1, 0.15) is 0 Å². The van der Waals surface area contributed by atoms with Crippen LogP contribution in [-0.2, 0) is 7.05 Å². The molecule has 0 unspecified atom stereocenters. The van der Waals surface area contributed by atoms with Gasteiger partial charge in [0.25, 0.3) is 0 Å².